The Hall–Kier alpha value is -0.910. The molecule has 1 aromatic rings. The van der Waals surface area contributed by atoms with E-state index in [4.69, 9.17) is 13.9 Å². The Morgan fingerprint density at radius 1 is 1.33 bits per heavy atom. The highest BCUT2D eigenvalue weighted by molar-refractivity contribution is 4.93. The van der Waals surface area contributed by atoms with Crippen LogP contribution in [0.4, 0.5) is 0 Å². The molecule has 0 spiro atoms. The van der Waals surface area contributed by atoms with Crippen LogP contribution in [0.25, 0.3) is 0 Å². The molecule has 0 aliphatic rings. The third kappa shape index (κ3) is 6.74. The molecule has 0 radical (unpaired) electrons. The maximum atomic E-state index is 5.56. The van der Waals surface area contributed by atoms with Gasteiger partial charge in [-0.15, -0.1) is 0 Å². The number of hydrogen-bond donors (Lipinski definition) is 1. The Bertz CT molecular complexity index is 331. The van der Waals surface area contributed by atoms with Gasteiger partial charge in [0.15, 0.2) is 5.89 Å². The minimum absolute atomic E-state index is 0.124. The summed E-state index contributed by atoms with van der Waals surface area (Å²) >= 11 is 0. The number of aromatic nitrogens is 1. The smallest absolute Gasteiger partial charge is 0.195 e. The van der Waals surface area contributed by atoms with E-state index in [0.29, 0.717) is 19.8 Å². The van der Waals surface area contributed by atoms with Crippen LogP contribution >= 0.6 is 0 Å². The van der Waals surface area contributed by atoms with Crippen molar-refractivity contribution in [3.63, 3.8) is 0 Å². The number of nitrogens with one attached hydrogen (secondary N) is 1. The van der Waals surface area contributed by atoms with Crippen LogP contribution < -0.4 is 5.32 Å². The summed E-state index contributed by atoms with van der Waals surface area (Å²) in [6.45, 7) is 8.87. The molecule has 1 N–H and O–H groups in total. The predicted octanol–water partition coefficient (Wildman–Crippen LogP) is 1.77. The Morgan fingerprint density at radius 2 is 2.11 bits per heavy atom. The fraction of sp³-hybridized carbons (Fsp3) is 0.769. The second kappa shape index (κ2) is 7.51. The van der Waals surface area contributed by atoms with E-state index in [9.17, 15) is 0 Å². The Morgan fingerprint density at radius 3 is 2.78 bits per heavy atom. The summed E-state index contributed by atoms with van der Waals surface area (Å²) < 4.78 is 15.8. The van der Waals surface area contributed by atoms with Crippen molar-refractivity contribution in [1.82, 2.24) is 10.3 Å². The molecular formula is C13H24N2O3. The number of rotatable bonds is 8. The minimum atomic E-state index is 0.124. The van der Waals surface area contributed by atoms with Crippen LogP contribution in [0.15, 0.2) is 10.6 Å². The highest BCUT2D eigenvalue weighted by Crippen LogP contribution is 2.06. The second-order valence-corrected chi connectivity index (χ2v) is 5.19. The Kier molecular flexibility index (Phi) is 6.32. The fourth-order valence-corrected chi connectivity index (χ4v) is 1.39. The van der Waals surface area contributed by atoms with Crippen LogP contribution in [0.3, 0.4) is 0 Å². The van der Waals surface area contributed by atoms with Gasteiger partial charge in [0.25, 0.3) is 0 Å². The van der Waals surface area contributed by atoms with E-state index in [1.165, 1.54) is 0 Å². The molecule has 0 aliphatic carbocycles. The van der Waals surface area contributed by atoms with Crippen molar-refractivity contribution in [2.75, 3.05) is 26.9 Å². The molecular weight excluding hydrogens is 232 g/mol. The Balaban J connectivity index is 2.21. The fourth-order valence-electron chi connectivity index (χ4n) is 1.39. The SMILES string of the molecule is COCCOCc1cnc(CCNC(C)(C)C)o1. The van der Waals surface area contributed by atoms with Gasteiger partial charge in [-0.05, 0) is 20.8 Å². The largest absolute Gasteiger partial charge is 0.443 e. The van der Waals surface area contributed by atoms with Gasteiger partial charge in [0.1, 0.15) is 12.4 Å². The van der Waals surface area contributed by atoms with Gasteiger partial charge in [-0.3, -0.25) is 0 Å². The molecule has 0 bridgehead atoms. The van der Waals surface area contributed by atoms with E-state index in [2.05, 4.69) is 31.1 Å². The maximum absolute atomic E-state index is 5.56. The highest BCUT2D eigenvalue weighted by atomic mass is 16.5. The summed E-state index contributed by atoms with van der Waals surface area (Å²) in [4.78, 5) is 4.22. The number of hydrogen-bond acceptors (Lipinski definition) is 5. The molecule has 0 aliphatic heterocycles. The number of ether oxygens (including phenoxy) is 2. The maximum Gasteiger partial charge on any atom is 0.195 e. The minimum Gasteiger partial charge on any atom is -0.443 e. The van der Waals surface area contributed by atoms with Crippen molar-refractivity contribution in [3.05, 3.63) is 17.8 Å². The molecule has 0 amide bonds. The molecule has 1 rings (SSSR count). The van der Waals surface area contributed by atoms with Crippen LogP contribution in [-0.4, -0.2) is 37.4 Å². The van der Waals surface area contributed by atoms with Crippen LogP contribution in [0.2, 0.25) is 0 Å². The summed E-state index contributed by atoms with van der Waals surface area (Å²) in [6, 6.07) is 0. The molecule has 1 aromatic heterocycles. The molecule has 104 valence electrons. The van der Waals surface area contributed by atoms with E-state index >= 15 is 0 Å². The molecule has 1 heterocycles. The van der Waals surface area contributed by atoms with E-state index in [1.807, 2.05) is 0 Å². The molecule has 0 unspecified atom stereocenters. The van der Waals surface area contributed by atoms with Crippen LogP contribution in [-0.2, 0) is 22.5 Å². The van der Waals surface area contributed by atoms with Gasteiger partial charge in [-0.1, -0.05) is 0 Å². The van der Waals surface area contributed by atoms with Gasteiger partial charge in [-0.2, -0.15) is 0 Å². The second-order valence-electron chi connectivity index (χ2n) is 5.19. The zero-order valence-corrected chi connectivity index (χ0v) is 11.8. The van der Waals surface area contributed by atoms with Crippen molar-refractivity contribution >= 4 is 0 Å². The van der Waals surface area contributed by atoms with Gasteiger partial charge in [0.05, 0.1) is 19.4 Å². The normalized spacial score (nSPS) is 12.0. The number of oxazole rings is 1. The van der Waals surface area contributed by atoms with Gasteiger partial charge >= 0.3 is 0 Å². The third-order valence-electron chi connectivity index (χ3n) is 2.27. The van der Waals surface area contributed by atoms with Crippen molar-refractivity contribution in [2.24, 2.45) is 0 Å². The first kappa shape index (κ1) is 15.1. The van der Waals surface area contributed by atoms with E-state index in [-0.39, 0.29) is 5.54 Å². The topological polar surface area (TPSA) is 56.5 Å². The molecule has 0 aromatic carbocycles. The van der Waals surface area contributed by atoms with Gasteiger partial charge < -0.3 is 19.2 Å². The lowest BCUT2D eigenvalue weighted by Crippen LogP contribution is -2.37. The summed E-state index contributed by atoms with van der Waals surface area (Å²) in [6.07, 6.45) is 2.51. The highest BCUT2D eigenvalue weighted by Gasteiger charge is 2.09. The average Bonchev–Trinajstić information content (AvgIpc) is 2.71. The summed E-state index contributed by atoms with van der Waals surface area (Å²) in [5, 5.41) is 3.39. The number of methoxy groups -OCH3 is 1. The van der Waals surface area contributed by atoms with Crippen molar-refractivity contribution in [3.8, 4) is 0 Å². The van der Waals surface area contributed by atoms with Crippen LogP contribution in [0, 0.1) is 0 Å². The quantitative estimate of drug-likeness (QED) is 0.718. The third-order valence-corrected chi connectivity index (χ3v) is 2.27. The molecule has 5 nitrogen and oxygen atoms in total. The first-order valence-electron chi connectivity index (χ1n) is 6.26. The predicted molar refractivity (Wildman–Crippen MR) is 69.5 cm³/mol. The lowest BCUT2D eigenvalue weighted by atomic mass is 10.1. The summed E-state index contributed by atoms with van der Waals surface area (Å²) in [7, 11) is 1.65. The molecule has 0 saturated heterocycles. The molecule has 0 fully saturated rings. The van der Waals surface area contributed by atoms with Crippen molar-refractivity contribution in [2.45, 2.75) is 39.3 Å². The van der Waals surface area contributed by atoms with Gasteiger partial charge in [0.2, 0.25) is 0 Å². The van der Waals surface area contributed by atoms with Crippen LogP contribution in [0.5, 0.6) is 0 Å². The molecule has 0 saturated carbocycles. The lowest BCUT2D eigenvalue weighted by Gasteiger charge is -2.19. The standard InChI is InChI=1S/C13H24N2O3/c1-13(2,3)15-6-5-12-14-9-11(18-12)10-17-8-7-16-4/h9,15H,5-8,10H2,1-4H3. The molecule has 0 atom stereocenters. The van der Waals surface area contributed by atoms with Crippen molar-refractivity contribution < 1.29 is 13.9 Å². The first-order valence-corrected chi connectivity index (χ1v) is 6.26. The Labute approximate surface area is 109 Å². The van der Waals surface area contributed by atoms with E-state index in [1.54, 1.807) is 13.3 Å². The zero-order valence-electron chi connectivity index (χ0n) is 11.8. The molecule has 5 heteroatoms. The monoisotopic (exact) mass is 256 g/mol. The first-order chi connectivity index (χ1) is 8.51. The van der Waals surface area contributed by atoms with Gasteiger partial charge in [0, 0.05) is 25.6 Å². The average molecular weight is 256 g/mol. The van der Waals surface area contributed by atoms with E-state index < -0.39 is 0 Å². The van der Waals surface area contributed by atoms with E-state index in [0.717, 1.165) is 24.6 Å². The van der Waals surface area contributed by atoms with Gasteiger partial charge in [-0.25, -0.2) is 4.98 Å². The van der Waals surface area contributed by atoms with Crippen molar-refractivity contribution in [1.29, 1.82) is 0 Å². The number of nitrogens with zero attached hydrogens (tertiary/aromatic N) is 1. The molecule has 18 heavy (non-hydrogen) atoms. The zero-order chi connectivity index (χ0) is 13.4. The lowest BCUT2D eigenvalue weighted by molar-refractivity contribution is 0.0534. The summed E-state index contributed by atoms with van der Waals surface area (Å²) in [5.41, 5.74) is 0.124. The van der Waals surface area contributed by atoms with Crippen LogP contribution in [0.1, 0.15) is 32.4 Å². The summed E-state index contributed by atoms with van der Waals surface area (Å²) in [5.74, 6) is 1.51.